The number of nitrogens with two attached hydrogens (primary N) is 1. The molecule has 0 radical (unpaired) electrons. The number of benzene rings is 1. The van der Waals surface area contributed by atoms with Crippen molar-refractivity contribution in [3.8, 4) is 11.1 Å². The zero-order valence-electron chi connectivity index (χ0n) is 10.6. The van der Waals surface area contributed by atoms with Crippen LogP contribution in [0.25, 0.3) is 11.1 Å². The molecule has 2 aromatic rings. The number of nitrogen functional groups attached to an aromatic ring is 1. The molecule has 1 aromatic carbocycles. The summed E-state index contributed by atoms with van der Waals surface area (Å²) in [5.74, 6) is 0.0704. The Kier molecular flexibility index (Phi) is 3.65. The van der Waals surface area contributed by atoms with Gasteiger partial charge in [-0.15, -0.1) is 0 Å². The highest BCUT2D eigenvalue weighted by molar-refractivity contribution is 5.75. The van der Waals surface area contributed by atoms with E-state index in [-0.39, 0.29) is 17.6 Å². The highest BCUT2D eigenvalue weighted by atomic mass is 19.1. The molecule has 1 heterocycles. The van der Waals surface area contributed by atoms with Crippen molar-refractivity contribution in [3.05, 3.63) is 35.8 Å². The van der Waals surface area contributed by atoms with Crippen molar-refractivity contribution in [1.82, 2.24) is 5.16 Å². The normalized spacial score (nSPS) is 12.6. The fourth-order valence-electron chi connectivity index (χ4n) is 2.16. The number of nitrogens with zero attached hydrogens (tertiary/aromatic N) is 1. The van der Waals surface area contributed by atoms with Gasteiger partial charge in [-0.2, -0.15) is 0 Å². The van der Waals surface area contributed by atoms with Crippen molar-refractivity contribution in [2.45, 2.75) is 32.6 Å². The topological polar surface area (TPSA) is 52.0 Å². The van der Waals surface area contributed by atoms with Gasteiger partial charge in [0.2, 0.25) is 5.88 Å². The molecule has 0 amide bonds. The summed E-state index contributed by atoms with van der Waals surface area (Å²) in [6.07, 6.45) is 2.00. The van der Waals surface area contributed by atoms with Crippen molar-refractivity contribution in [2.24, 2.45) is 0 Å². The summed E-state index contributed by atoms with van der Waals surface area (Å²) in [6, 6.07) is 6.53. The third-order valence-corrected chi connectivity index (χ3v) is 3.08. The molecule has 18 heavy (non-hydrogen) atoms. The molecule has 1 atom stereocenters. The maximum absolute atomic E-state index is 13.8. The Balaban J connectivity index is 2.51. The average molecular weight is 248 g/mol. The third-order valence-electron chi connectivity index (χ3n) is 3.08. The molecule has 0 bridgehead atoms. The second kappa shape index (κ2) is 5.21. The van der Waals surface area contributed by atoms with E-state index in [9.17, 15) is 4.39 Å². The maximum atomic E-state index is 13.8. The Morgan fingerprint density at radius 2 is 2.11 bits per heavy atom. The molecule has 2 rings (SSSR count). The van der Waals surface area contributed by atoms with E-state index in [1.54, 1.807) is 18.2 Å². The summed E-state index contributed by atoms with van der Waals surface area (Å²) in [7, 11) is 0. The average Bonchev–Trinajstić information content (AvgIpc) is 2.72. The van der Waals surface area contributed by atoms with E-state index in [0.717, 1.165) is 18.5 Å². The van der Waals surface area contributed by atoms with E-state index in [4.69, 9.17) is 10.3 Å². The lowest BCUT2D eigenvalue weighted by Gasteiger charge is -2.09. The molecule has 0 fully saturated rings. The molecule has 0 aliphatic heterocycles. The molecule has 0 saturated carbocycles. The lowest BCUT2D eigenvalue weighted by atomic mass is 9.95. The fraction of sp³-hybridized carbons (Fsp3) is 0.357. The molecule has 4 heteroatoms. The zero-order valence-corrected chi connectivity index (χ0v) is 10.6. The standard InChI is InChI=1S/C14H17FN2O/c1-3-6-9(2)13-12(14(16)18-17-13)10-7-4-5-8-11(10)15/h4-5,7-9H,3,6,16H2,1-2H3. The molecule has 1 unspecified atom stereocenters. The van der Waals surface area contributed by atoms with Crippen LogP contribution in [0.4, 0.5) is 10.3 Å². The predicted octanol–water partition coefficient (Wildman–Crippen LogP) is 3.97. The summed E-state index contributed by atoms with van der Waals surface area (Å²) in [6.45, 7) is 4.15. The lowest BCUT2D eigenvalue weighted by Crippen LogP contribution is -1.98. The molecule has 3 nitrogen and oxygen atoms in total. The number of aromatic nitrogens is 1. The van der Waals surface area contributed by atoms with Crippen molar-refractivity contribution in [1.29, 1.82) is 0 Å². The highest BCUT2D eigenvalue weighted by Gasteiger charge is 2.22. The third kappa shape index (κ3) is 2.23. The Morgan fingerprint density at radius 3 is 2.78 bits per heavy atom. The van der Waals surface area contributed by atoms with Crippen LogP contribution in [0.3, 0.4) is 0 Å². The molecule has 96 valence electrons. The first-order valence-corrected chi connectivity index (χ1v) is 6.15. The summed E-state index contributed by atoms with van der Waals surface area (Å²) < 4.78 is 18.9. The van der Waals surface area contributed by atoms with Gasteiger partial charge in [-0.25, -0.2) is 4.39 Å². The molecule has 1 aromatic heterocycles. The van der Waals surface area contributed by atoms with Gasteiger partial charge in [0.1, 0.15) is 5.82 Å². The largest absolute Gasteiger partial charge is 0.367 e. The first-order valence-electron chi connectivity index (χ1n) is 6.15. The summed E-state index contributed by atoms with van der Waals surface area (Å²) in [5, 5.41) is 3.99. The molecule has 0 saturated heterocycles. The van der Waals surface area contributed by atoms with Crippen LogP contribution >= 0.6 is 0 Å². The molecular formula is C14H17FN2O. The number of rotatable bonds is 4. The van der Waals surface area contributed by atoms with Crippen molar-refractivity contribution in [3.63, 3.8) is 0 Å². The van der Waals surface area contributed by atoms with Crippen LogP contribution in [-0.4, -0.2) is 5.16 Å². The van der Waals surface area contributed by atoms with Crippen LogP contribution in [0, 0.1) is 5.82 Å². The van der Waals surface area contributed by atoms with Crippen LogP contribution in [0.1, 0.15) is 38.3 Å². The van der Waals surface area contributed by atoms with E-state index in [0.29, 0.717) is 11.1 Å². The van der Waals surface area contributed by atoms with E-state index in [1.807, 2.05) is 6.92 Å². The van der Waals surface area contributed by atoms with Gasteiger partial charge < -0.3 is 10.3 Å². The van der Waals surface area contributed by atoms with Crippen LogP contribution in [0.5, 0.6) is 0 Å². The minimum absolute atomic E-state index is 0.179. The van der Waals surface area contributed by atoms with Crippen LogP contribution in [0.15, 0.2) is 28.8 Å². The number of hydrogen-bond acceptors (Lipinski definition) is 3. The second-order valence-corrected chi connectivity index (χ2v) is 4.48. The van der Waals surface area contributed by atoms with Gasteiger partial charge in [-0.05, 0) is 12.5 Å². The highest BCUT2D eigenvalue weighted by Crippen LogP contribution is 2.36. The van der Waals surface area contributed by atoms with E-state index >= 15 is 0 Å². The first kappa shape index (κ1) is 12.6. The molecule has 0 aliphatic carbocycles. The minimum atomic E-state index is -0.308. The summed E-state index contributed by atoms with van der Waals surface area (Å²) in [5.41, 5.74) is 7.56. The fourth-order valence-corrected chi connectivity index (χ4v) is 2.16. The van der Waals surface area contributed by atoms with Gasteiger partial charge in [0.15, 0.2) is 0 Å². The molecule has 0 aliphatic rings. The quantitative estimate of drug-likeness (QED) is 0.890. The molecular weight excluding hydrogens is 231 g/mol. The molecule has 0 spiro atoms. The lowest BCUT2D eigenvalue weighted by molar-refractivity contribution is 0.419. The Morgan fingerprint density at radius 1 is 1.39 bits per heavy atom. The predicted molar refractivity (Wildman–Crippen MR) is 69.6 cm³/mol. The Bertz CT molecular complexity index is 536. The maximum Gasteiger partial charge on any atom is 0.230 e. The van der Waals surface area contributed by atoms with Crippen molar-refractivity contribution >= 4 is 5.88 Å². The second-order valence-electron chi connectivity index (χ2n) is 4.48. The number of halogens is 1. The van der Waals surface area contributed by atoms with Gasteiger partial charge in [-0.1, -0.05) is 43.6 Å². The van der Waals surface area contributed by atoms with Gasteiger partial charge in [-0.3, -0.25) is 0 Å². The van der Waals surface area contributed by atoms with Gasteiger partial charge in [0.05, 0.1) is 11.3 Å². The summed E-state index contributed by atoms with van der Waals surface area (Å²) in [4.78, 5) is 0. The van der Waals surface area contributed by atoms with Gasteiger partial charge in [0.25, 0.3) is 0 Å². The monoisotopic (exact) mass is 248 g/mol. The van der Waals surface area contributed by atoms with Gasteiger partial charge in [0, 0.05) is 11.5 Å². The van der Waals surface area contributed by atoms with Crippen molar-refractivity contribution in [2.75, 3.05) is 5.73 Å². The van der Waals surface area contributed by atoms with Gasteiger partial charge >= 0.3 is 0 Å². The smallest absolute Gasteiger partial charge is 0.230 e. The van der Waals surface area contributed by atoms with Crippen LogP contribution in [-0.2, 0) is 0 Å². The SMILES string of the molecule is CCCC(C)c1noc(N)c1-c1ccccc1F. The van der Waals surface area contributed by atoms with Crippen LogP contribution < -0.4 is 5.73 Å². The van der Waals surface area contributed by atoms with Crippen LogP contribution in [0.2, 0.25) is 0 Å². The van der Waals surface area contributed by atoms with E-state index in [2.05, 4.69) is 12.1 Å². The molecule has 2 N–H and O–H groups in total. The zero-order chi connectivity index (χ0) is 13.1. The Hall–Kier alpha value is -1.84. The summed E-state index contributed by atoms with van der Waals surface area (Å²) >= 11 is 0. The van der Waals surface area contributed by atoms with Crippen molar-refractivity contribution < 1.29 is 8.91 Å². The number of hydrogen-bond donors (Lipinski definition) is 1. The van der Waals surface area contributed by atoms with E-state index < -0.39 is 0 Å². The van der Waals surface area contributed by atoms with E-state index in [1.165, 1.54) is 6.07 Å². The Labute approximate surface area is 106 Å². The first-order chi connectivity index (χ1) is 8.65. The minimum Gasteiger partial charge on any atom is -0.367 e. The number of anilines is 1.